The number of aromatic nitrogens is 5. The number of halogens is 1. The number of benzene rings is 1. The Hall–Kier alpha value is -2.02. The second-order valence-electron chi connectivity index (χ2n) is 6.19. The maximum absolute atomic E-state index is 5.68. The maximum Gasteiger partial charge on any atom is 0.321 e. The van der Waals surface area contributed by atoms with Crippen molar-refractivity contribution in [2.75, 3.05) is 0 Å². The quantitative estimate of drug-likeness (QED) is 0.709. The minimum absolute atomic E-state index is 0.125. The van der Waals surface area contributed by atoms with Gasteiger partial charge in [-0.25, -0.2) is 14.6 Å². The molecule has 0 saturated carbocycles. The van der Waals surface area contributed by atoms with E-state index in [-0.39, 0.29) is 5.41 Å². The molecule has 0 N–H and O–H groups in total. The first kappa shape index (κ1) is 14.9. The van der Waals surface area contributed by atoms with Crippen LogP contribution >= 0.6 is 15.9 Å². The van der Waals surface area contributed by atoms with Gasteiger partial charge in [-0.1, -0.05) is 26.0 Å². The summed E-state index contributed by atoms with van der Waals surface area (Å²) in [6.07, 6.45) is 3.27. The Bertz CT molecular complexity index is 795. The summed E-state index contributed by atoms with van der Waals surface area (Å²) in [5.74, 6) is 0.613. The molecule has 0 saturated heterocycles. The SMILES string of the molecule is CC(C)(C)Cn1nnc2c(Br)c(Oc3ncccn3)ccc21. The Morgan fingerprint density at radius 2 is 1.91 bits per heavy atom. The van der Waals surface area contributed by atoms with Gasteiger partial charge < -0.3 is 4.74 Å². The predicted molar refractivity (Wildman–Crippen MR) is 86.8 cm³/mol. The molecule has 0 amide bonds. The summed E-state index contributed by atoms with van der Waals surface area (Å²) >= 11 is 3.54. The summed E-state index contributed by atoms with van der Waals surface area (Å²) in [5, 5.41) is 8.49. The van der Waals surface area contributed by atoms with Crippen molar-refractivity contribution in [2.24, 2.45) is 5.41 Å². The highest BCUT2D eigenvalue weighted by molar-refractivity contribution is 9.10. The molecular formula is C15H16BrN5O. The molecule has 0 unspecified atom stereocenters. The molecule has 0 fully saturated rings. The largest absolute Gasteiger partial charge is 0.423 e. The molecule has 0 atom stereocenters. The van der Waals surface area contributed by atoms with Crippen LogP contribution in [0.4, 0.5) is 0 Å². The van der Waals surface area contributed by atoms with E-state index in [0.717, 1.165) is 22.1 Å². The number of rotatable bonds is 3. The van der Waals surface area contributed by atoms with Crippen LogP contribution in [0.15, 0.2) is 35.1 Å². The van der Waals surface area contributed by atoms with Gasteiger partial charge in [0.25, 0.3) is 0 Å². The molecule has 2 heterocycles. The third kappa shape index (κ3) is 3.09. The Kier molecular flexibility index (Phi) is 3.82. The number of hydrogen-bond donors (Lipinski definition) is 0. The van der Waals surface area contributed by atoms with Crippen LogP contribution in [0.25, 0.3) is 11.0 Å². The van der Waals surface area contributed by atoms with E-state index >= 15 is 0 Å². The zero-order valence-corrected chi connectivity index (χ0v) is 14.2. The number of hydrogen-bond acceptors (Lipinski definition) is 5. The van der Waals surface area contributed by atoms with Crippen LogP contribution in [0.1, 0.15) is 20.8 Å². The highest BCUT2D eigenvalue weighted by atomic mass is 79.9. The van der Waals surface area contributed by atoms with Crippen LogP contribution in [0.2, 0.25) is 0 Å². The van der Waals surface area contributed by atoms with Gasteiger partial charge in [-0.3, -0.25) is 0 Å². The van der Waals surface area contributed by atoms with Crippen LogP contribution < -0.4 is 4.74 Å². The Balaban J connectivity index is 1.97. The molecule has 0 bridgehead atoms. The Morgan fingerprint density at radius 3 is 2.59 bits per heavy atom. The summed E-state index contributed by atoms with van der Waals surface area (Å²) in [6.45, 7) is 7.29. The van der Waals surface area contributed by atoms with Crippen LogP contribution in [0, 0.1) is 5.41 Å². The van der Waals surface area contributed by atoms with Gasteiger partial charge in [0.05, 0.1) is 9.99 Å². The first-order valence-electron chi connectivity index (χ1n) is 6.91. The van der Waals surface area contributed by atoms with Gasteiger partial charge in [-0.05, 0) is 39.5 Å². The predicted octanol–water partition coefficient (Wildman–Crippen LogP) is 3.82. The lowest BCUT2D eigenvalue weighted by Gasteiger charge is -2.17. The molecule has 0 radical (unpaired) electrons. The monoisotopic (exact) mass is 361 g/mol. The van der Waals surface area contributed by atoms with E-state index in [1.807, 2.05) is 16.8 Å². The molecule has 114 valence electrons. The first-order valence-corrected chi connectivity index (χ1v) is 7.70. The number of fused-ring (bicyclic) bond motifs is 1. The van der Waals surface area contributed by atoms with Crippen molar-refractivity contribution in [1.82, 2.24) is 25.0 Å². The van der Waals surface area contributed by atoms with Gasteiger partial charge in [0, 0.05) is 18.9 Å². The Morgan fingerprint density at radius 1 is 1.18 bits per heavy atom. The summed E-state index contributed by atoms with van der Waals surface area (Å²) in [4.78, 5) is 8.11. The Labute approximate surface area is 136 Å². The minimum atomic E-state index is 0.125. The topological polar surface area (TPSA) is 65.7 Å². The smallest absolute Gasteiger partial charge is 0.321 e. The summed E-state index contributed by atoms with van der Waals surface area (Å²) in [6, 6.07) is 5.85. The van der Waals surface area contributed by atoms with Crippen LogP contribution in [0.3, 0.4) is 0 Å². The lowest BCUT2D eigenvalue weighted by atomic mass is 9.97. The molecule has 3 aromatic rings. The molecule has 0 spiro atoms. The molecule has 1 aromatic carbocycles. The van der Waals surface area contributed by atoms with E-state index in [2.05, 4.69) is 57.0 Å². The van der Waals surface area contributed by atoms with Crippen molar-refractivity contribution < 1.29 is 4.74 Å². The zero-order valence-electron chi connectivity index (χ0n) is 12.6. The molecule has 3 rings (SSSR count). The van der Waals surface area contributed by atoms with Gasteiger partial charge in [0.2, 0.25) is 0 Å². The molecule has 0 aliphatic carbocycles. The highest BCUT2D eigenvalue weighted by Crippen LogP contribution is 2.34. The fraction of sp³-hybridized carbons (Fsp3) is 0.333. The second-order valence-corrected chi connectivity index (χ2v) is 6.98. The number of ether oxygens (including phenoxy) is 1. The van der Waals surface area contributed by atoms with E-state index in [0.29, 0.717) is 11.8 Å². The third-order valence-electron chi connectivity index (χ3n) is 2.96. The van der Waals surface area contributed by atoms with Gasteiger partial charge >= 0.3 is 6.01 Å². The molecular weight excluding hydrogens is 346 g/mol. The average Bonchev–Trinajstić information content (AvgIpc) is 2.85. The molecule has 0 aliphatic heterocycles. The zero-order chi connectivity index (χ0) is 15.7. The van der Waals surface area contributed by atoms with E-state index in [4.69, 9.17) is 4.74 Å². The van der Waals surface area contributed by atoms with Crippen molar-refractivity contribution >= 4 is 27.0 Å². The minimum Gasteiger partial charge on any atom is -0.423 e. The molecule has 6 nitrogen and oxygen atoms in total. The van der Waals surface area contributed by atoms with E-state index in [1.165, 1.54) is 0 Å². The fourth-order valence-electron chi connectivity index (χ4n) is 2.07. The van der Waals surface area contributed by atoms with E-state index in [1.54, 1.807) is 18.5 Å². The lowest BCUT2D eigenvalue weighted by Crippen LogP contribution is -2.16. The van der Waals surface area contributed by atoms with Gasteiger partial charge in [-0.2, -0.15) is 0 Å². The van der Waals surface area contributed by atoms with Crippen LogP contribution in [0.5, 0.6) is 11.8 Å². The van der Waals surface area contributed by atoms with Crippen molar-refractivity contribution in [3.05, 3.63) is 35.1 Å². The van der Waals surface area contributed by atoms with Gasteiger partial charge in [-0.15, -0.1) is 5.10 Å². The molecule has 22 heavy (non-hydrogen) atoms. The average molecular weight is 362 g/mol. The number of nitrogens with zero attached hydrogens (tertiary/aromatic N) is 5. The lowest BCUT2D eigenvalue weighted by molar-refractivity contribution is 0.327. The molecule has 7 heteroatoms. The van der Waals surface area contributed by atoms with Crippen molar-refractivity contribution in [2.45, 2.75) is 27.3 Å². The van der Waals surface area contributed by atoms with Crippen LogP contribution in [-0.2, 0) is 6.54 Å². The fourth-order valence-corrected chi connectivity index (χ4v) is 2.56. The second kappa shape index (κ2) is 5.64. The summed E-state index contributed by atoms with van der Waals surface area (Å²) in [5.41, 5.74) is 1.85. The van der Waals surface area contributed by atoms with Crippen LogP contribution in [-0.4, -0.2) is 25.0 Å². The van der Waals surface area contributed by atoms with Crippen molar-refractivity contribution in [1.29, 1.82) is 0 Å². The van der Waals surface area contributed by atoms with E-state index < -0.39 is 0 Å². The summed E-state index contributed by atoms with van der Waals surface area (Å²) in [7, 11) is 0. The summed E-state index contributed by atoms with van der Waals surface area (Å²) < 4.78 is 8.33. The van der Waals surface area contributed by atoms with Gasteiger partial charge in [0.1, 0.15) is 11.3 Å². The van der Waals surface area contributed by atoms with Crippen molar-refractivity contribution in [3.63, 3.8) is 0 Å². The molecule has 2 aromatic heterocycles. The van der Waals surface area contributed by atoms with E-state index in [9.17, 15) is 0 Å². The maximum atomic E-state index is 5.68. The molecule has 0 aliphatic rings. The normalized spacial score (nSPS) is 11.8. The first-order chi connectivity index (χ1) is 10.4. The van der Waals surface area contributed by atoms with Crippen molar-refractivity contribution in [3.8, 4) is 11.8 Å². The highest BCUT2D eigenvalue weighted by Gasteiger charge is 2.17. The third-order valence-corrected chi connectivity index (χ3v) is 3.72. The standard InChI is InChI=1S/C15H16BrN5O/c1-15(2,3)9-21-10-5-6-11(12(16)13(10)19-20-21)22-14-17-7-4-8-18-14/h4-8H,9H2,1-3H3. The van der Waals surface area contributed by atoms with Gasteiger partial charge in [0.15, 0.2) is 0 Å².